The fourth-order valence-corrected chi connectivity index (χ4v) is 1.65. The summed E-state index contributed by atoms with van der Waals surface area (Å²) >= 11 is 3.29. The van der Waals surface area contributed by atoms with Gasteiger partial charge in [0.15, 0.2) is 5.78 Å². The highest BCUT2D eigenvalue weighted by atomic mass is 79.9. The van der Waals surface area contributed by atoms with Gasteiger partial charge >= 0.3 is 5.97 Å². The van der Waals surface area contributed by atoms with E-state index < -0.39 is 12.0 Å². The quantitative estimate of drug-likeness (QED) is 0.789. The standard InChI is InChI=1S/C12H14BrNO3/c13-9-6-4-8(5-7-9)11(15)3-1-2-10(14)12(16)17/h4-7,10H,1-3,14H2,(H,16,17)/t10-/m0/s1. The van der Waals surface area contributed by atoms with Crippen LogP contribution in [0.1, 0.15) is 29.6 Å². The van der Waals surface area contributed by atoms with E-state index in [-0.39, 0.29) is 5.78 Å². The molecule has 0 fully saturated rings. The molecule has 0 aliphatic carbocycles. The van der Waals surface area contributed by atoms with Gasteiger partial charge in [-0.25, -0.2) is 0 Å². The van der Waals surface area contributed by atoms with Crippen LogP contribution in [0.15, 0.2) is 28.7 Å². The van der Waals surface area contributed by atoms with Gasteiger partial charge < -0.3 is 10.8 Å². The molecule has 4 nitrogen and oxygen atoms in total. The van der Waals surface area contributed by atoms with Crippen molar-refractivity contribution in [3.05, 3.63) is 34.3 Å². The van der Waals surface area contributed by atoms with E-state index in [1.807, 2.05) is 0 Å². The Balaban J connectivity index is 2.40. The maximum Gasteiger partial charge on any atom is 0.320 e. The molecule has 1 atom stereocenters. The smallest absolute Gasteiger partial charge is 0.320 e. The molecular weight excluding hydrogens is 286 g/mol. The minimum absolute atomic E-state index is 0.00934. The maximum atomic E-state index is 11.7. The molecule has 5 heteroatoms. The predicted octanol–water partition coefficient (Wildman–Crippen LogP) is 2.21. The summed E-state index contributed by atoms with van der Waals surface area (Å²) < 4.78 is 0.918. The molecule has 1 aromatic rings. The van der Waals surface area contributed by atoms with Crippen molar-refractivity contribution in [2.45, 2.75) is 25.3 Å². The van der Waals surface area contributed by atoms with Gasteiger partial charge in [0, 0.05) is 16.5 Å². The van der Waals surface area contributed by atoms with E-state index in [9.17, 15) is 9.59 Å². The number of carboxylic acid groups (broad SMARTS) is 1. The molecule has 0 heterocycles. The van der Waals surface area contributed by atoms with Crippen molar-refractivity contribution >= 4 is 27.7 Å². The average molecular weight is 300 g/mol. The molecular formula is C12H14BrNO3. The van der Waals surface area contributed by atoms with Gasteiger partial charge in [0.2, 0.25) is 0 Å². The lowest BCUT2D eigenvalue weighted by atomic mass is 10.0. The molecule has 1 aromatic carbocycles. The molecule has 0 amide bonds. The van der Waals surface area contributed by atoms with Crippen LogP contribution >= 0.6 is 15.9 Å². The maximum absolute atomic E-state index is 11.7. The highest BCUT2D eigenvalue weighted by molar-refractivity contribution is 9.10. The normalized spacial score (nSPS) is 12.1. The van der Waals surface area contributed by atoms with E-state index in [1.54, 1.807) is 24.3 Å². The number of hydrogen-bond donors (Lipinski definition) is 2. The summed E-state index contributed by atoms with van der Waals surface area (Å²) in [5.74, 6) is -1.02. The third kappa shape index (κ3) is 4.66. The van der Waals surface area contributed by atoms with E-state index in [1.165, 1.54) is 0 Å². The summed E-state index contributed by atoms with van der Waals surface area (Å²) in [7, 11) is 0. The number of benzene rings is 1. The summed E-state index contributed by atoms with van der Waals surface area (Å²) in [6.07, 6.45) is 1.13. The number of nitrogens with two attached hydrogens (primary N) is 1. The number of carbonyl (C=O) groups excluding carboxylic acids is 1. The highest BCUT2D eigenvalue weighted by Crippen LogP contribution is 2.13. The molecule has 0 bridgehead atoms. The molecule has 0 unspecified atom stereocenters. The number of carbonyl (C=O) groups is 2. The second-order valence-corrected chi connectivity index (χ2v) is 4.68. The van der Waals surface area contributed by atoms with E-state index >= 15 is 0 Å². The van der Waals surface area contributed by atoms with Gasteiger partial charge in [-0.15, -0.1) is 0 Å². The number of hydrogen-bond acceptors (Lipinski definition) is 3. The Morgan fingerprint density at radius 3 is 2.41 bits per heavy atom. The van der Waals surface area contributed by atoms with E-state index in [0.717, 1.165) is 4.47 Å². The molecule has 92 valence electrons. The first-order valence-corrected chi connectivity index (χ1v) is 6.07. The third-order valence-electron chi connectivity index (χ3n) is 2.40. The molecule has 0 aromatic heterocycles. The van der Waals surface area contributed by atoms with Crippen LogP contribution in [0.4, 0.5) is 0 Å². The first kappa shape index (κ1) is 13.9. The van der Waals surface area contributed by atoms with Gasteiger partial charge in [-0.1, -0.05) is 28.1 Å². The molecule has 0 saturated carbocycles. The van der Waals surface area contributed by atoms with Crippen molar-refractivity contribution in [3.8, 4) is 0 Å². The van der Waals surface area contributed by atoms with Gasteiger partial charge in [-0.2, -0.15) is 0 Å². The Morgan fingerprint density at radius 2 is 1.88 bits per heavy atom. The lowest BCUT2D eigenvalue weighted by Crippen LogP contribution is -2.29. The van der Waals surface area contributed by atoms with Crippen LogP contribution < -0.4 is 5.73 Å². The zero-order chi connectivity index (χ0) is 12.8. The largest absolute Gasteiger partial charge is 0.480 e. The number of ketones is 1. The van der Waals surface area contributed by atoms with Crippen molar-refractivity contribution < 1.29 is 14.7 Å². The second kappa shape index (κ2) is 6.51. The monoisotopic (exact) mass is 299 g/mol. The average Bonchev–Trinajstić information content (AvgIpc) is 2.29. The number of aliphatic carboxylic acids is 1. The van der Waals surface area contributed by atoms with Gasteiger partial charge in [-0.05, 0) is 25.0 Å². The number of Topliss-reactive ketones (excluding diaryl/α,β-unsaturated/α-hetero) is 1. The van der Waals surface area contributed by atoms with Crippen molar-refractivity contribution in [2.24, 2.45) is 5.73 Å². The van der Waals surface area contributed by atoms with Crippen LogP contribution in [-0.4, -0.2) is 22.9 Å². The zero-order valence-electron chi connectivity index (χ0n) is 9.23. The van der Waals surface area contributed by atoms with Gasteiger partial charge in [0.1, 0.15) is 6.04 Å². The van der Waals surface area contributed by atoms with E-state index in [4.69, 9.17) is 10.8 Å². The molecule has 0 aliphatic rings. The third-order valence-corrected chi connectivity index (χ3v) is 2.93. The summed E-state index contributed by atoms with van der Waals surface area (Å²) in [5, 5.41) is 8.58. The Morgan fingerprint density at radius 1 is 1.29 bits per heavy atom. The summed E-state index contributed by atoms with van der Waals surface area (Å²) in [5.41, 5.74) is 5.98. The second-order valence-electron chi connectivity index (χ2n) is 3.77. The molecule has 0 saturated heterocycles. The molecule has 17 heavy (non-hydrogen) atoms. The first-order valence-electron chi connectivity index (χ1n) is 5.28. The summed E-state index contributed by atoms with van der Waals surface area (Å²) in [4.78, 5) is 22.2. The lowest BCUT2D eigenvalue weighted by Gasteiger charge is -2.05. The summed E-state index contributed by atoms with van der Waals surface area (Å²) in [6.45, 7) is 0. The number of rotatable bonds is 6. The van der Waals surface area contributed by atoms with Gasteiger partial charge in [0.05, 0.1) is 0 Å². The Bertz CT molecular complexity index is 403. The Labute approximate surface area is 108 Å². The topological polar surface area (TPSA) is 80.4 Å². The first-order chi connectivity index (χ1) is 8.00. The van der Waals surface area contributed by atoms with Crippen molar-refractivity contribution in [3.63, 3.8) is 0 Å². The van der Waals surface area contributed by atoms with E-state index in [0.29, 0.717) is 24.8 Å². The van der Waals surface area contributed by atoms with Crippen molar-refractivity contribution in [1.82, 2.24) is 0 Å². The minimum atomic E-state index is -1.03. The minimum Gasteiger partial charge on any atom is -0.480 e. The lowest BCUT2D eigenvalue weighted by molar-refractivity contribution is -0.138. The number of carboxylic acids is 1. The van der Waals surface area contributed by atoms with Crippen molar-refractivity contribution in [1.29, 1.82) is 0 Å². The Kier molecular flexibility index (Phi) is 5.31. The molecule has 0 spiro atoms. The van der Waals surface area contributed by atoms with Crippen LogP contribution in [0.5, 0.6) is 0 Å². The molecule has 3 N–H and O–H groups in total. The van der Waals surface area contributed by atoms with Gasteiger partial charge in [0.25, 0.3) is 0 Å². The van der Waals surface area contributed by atoms with E-state index in [2.05, 4.69) is 15.9 Å². The van der Waals surface area contributed by atoms with Crippen molar-refractivity contribution in [2.75, 3.05) is 0 Å². The Hall–Kier alpha value is -1.20. The highest BCUT2D eigenvalue weighted by Gasteiger charge is 2.12. The van der Waals surface area contributed by atoms with Crippen LogP contribution in [0, 0.1) is 0 Å². The number of halogens is 1. The molecule has 0 radical (unpaired) electrons. The van der Waals surface area contributed by atoms with Crippen LogP contribution in [0.2, 0.25) is 0 Å². The van der Waals surface area contributed by atoms with Gasteiger partial charge in [-0.3, -0.25) is 9.59 Å². The zero-order valence-corrected chi connectivity index (χ0v) is 10.8. The SMILES string of the molecule is N[C@@H](CCCC(=O)c1ccc(Br)cc1)C(=O)O. The predicted molar refractivity (Wildman–Crippen MR) is 67.9 cm³/mol. The fraction of sp³-hybridized carbons (Fsp3) is 0.333. The summed E-state index contributed by atoms with van der Waals surface area (Å²) in [6, 6.07) is 6.20. The molecule has 1 rings (SSSR count). The fourth-order valence-electron chi connectivity index (χ4n) is 1.39. The molecule has 0 aliphatic heterocycles. The van der Waals surface area contributed by atoms with Crippen LogP contribution in [0.3, 0.4) is 0 Å². The van der Waals surface area contributed by atoms with Crippen LogP contribution in [0.25, 0.3) is 0 Å². The van der Waals surface area contributed by atoms with Crippen LogP contribution in [-0.2, 0) is 4.79 Å².